The zero-order valence-corrected chi connectivity index (χ0v) is 13.0. The topological polar surface area (TPSA) is 67.9 Å². The predicted molar refractivity (Wildman–Crippen MR) is 75.7 cm³/mol. The summed E-state index contributed by atoms with van der Waals surface area (Å²) in [6.45, 7) is 3.16. The van der Waals surface area contributed by atoms with Gasteiger partial charge >= 0.3 is 0 Å². The molecule has 0 saturated carbocycles. The third-order valence-electron chi connectivity index (χ3n) is 3.47. The number of ether oxygens (including phenoxy) is 2. The van der Waals surface area contributed by atoms with Gasteiger partial charge < -0.3 is 14.8 Å². The molecule has 0 amide bonds. The van der Waals surface area contributed by atoms with Crippen LogP contribution in [-0.2, 0) is 10.0 Å². The van der Waals surface area contributed by atoms with Crippen LogP contribution in [-0.4, -0.2) is 52.6 Å². The molecular weight excluding hydrogens is 299 g/mol. The zero-order valence-electron chi connectivity index (χ0n) is 12.2. The second-order valence-electron chi connectivity index (χ2n) is 4.81. The summed E-state index contributed by atoms with van der Waals surface area (Å²) in [5.74, 6) is -0.513. The van der Waals surface area contributed by atoms with Crippen molar-refractivity contribution in [2.24, 2.45) is 0 Å². The number of nitrogens with one attached hydrogen (secondary N) is 1. The van der Waals surface area contributed by atoms with Crippen molar-refractivity contribution in [3.05, 3.63) is 17.9 Å². The molecule has 1 N–H and O–H groups in total. The number of piperazine rings is 1. The van der Waals surface area contributed by atoms with Crippen LogP contribution >= 0.6 is 0 Å². The minimum Gasteiger partial charge on any atom is -0.493 e. The molecule has 0 radical (unpaired) electrons. The molecule has 1 heterocycles. The quantitative estimate of drug-likeness (QED) is 0.890. The van der Waals surface area contributed by atoms with Gasteiger partial charge in [-0.25, -0.2) is 12.8 Å². The molecule has 1 atom stereocenters. The second kappa shape index (κ2) is 6.17. The Morgan fingerprint density at radius 3 is 2.48 bits per heavy atom. The maximum absolute atomic E-state index is 14.2. The van der Waals surface area contributed by atoms with Crippen LogP contribution in [0.5, 0.6) is 11.5 Å². The average Bonchev–Trinajstić information content (AvgIpc) is 2.46. The Balaban J connectivity index is 2.49. The van der Waals surface area contributed by atoms with E-state index >= 15 is 0 Å². The highest BCUT2D eigenvalue weighted by molar-refractivity contribution is 7.89. The van der Waals surface area contributed by atoms with Gasteiger partial charge in [0.05, 0.1) is 14.2 Å². The van der Waals surface area contributed by atoms with Gasteiger partial charge in [0, 0.05) is 37.8 Å². The molecule has 6 nitrogen and oxygen atoms in total. The number of benzene rings is 1. The Hall–Kier alpha value is -1.38. The van der Waals surface area contributed by atoms with Crippen molar-refractivity contribution >= 4 is 10.0 Å². The first-order valence-electron chi connectivity index (χ1n) is 6.56. The van der Waals surface area contributed by atoms with Gasteiger partial charge in [0.25, 0.3) is 0 Å². The summed E-state index contributed by atoms with van der Waals surface area (Å²) in [5.41, 5.74) is 0. The molecule has 1 aliphatic heterocycles. The van der Waals surface area contributed by atoms with E-state index in [1.807, 2.05) is 0 Å². The Kier molecular flexibility index (Phi) is 4.70. The molecule has 1 aromatic rings. The van der Waals surface area contributed by atoms with Gasteiger partial charge in [-0.05, 0) is 6.92 Å². The Bertz CT molecular complexity index is 621. The molecule has 118 valence electrons. The fraction of sp³-hybridized carbons (Fsp3) is 0.538. The van der Waals surface area contributed by atoms with Crippen LogP contribution in [0.4, 0.5) is 4.39 Å². The van der Waals surface area contributed by atoms with E-state index in [9.17, 15) is 12.8 Å². The third-order valence-corrected chi connectivity index (χ3v) is 5.49. The highest BCUT2D eigenvalue weighted by atomic mass is 32.2. The standard InChI is InChI=1S/C13H19FN2O4S/c1-9-8-15-4-5-16(9)21(17,18)13-7-12(20-3)11(19-2)6-10(13)14/h6-7,9,15H,4-5,8H2,1-3H3/t9-/m0/s1. The molecule has 8 heteroatoms. The van der Waals surface area contributed by atoms with Crippen molar-refractivity contribution in [2.45, 2.75) is 17.9 Å². The van der Waals surface area contributed by atoms with Gasteiger partial charge in [0.1, 0.15) is 10.7 Å². The summed E-state index contributed by atoms with van der Waals surface area (Å²) < 4.78 is 50.8. The highest BCUT2D eigenvalue weighted by Gasteiger charge is 2.33. The summed E-state index contributed by atoms with van der Waals surface area (Å²) >= 11 is 0. The van der Waals surface area contributed by atoms with Crippen LogP contribution < -0.4 is 14.8 Å². The summed E-state index contributed by atoms with van der Waals surface area (Å²) in [4.78, 5) is -0.395. The number of halogens is 1. The lowest BCUT2D eigenvalue weighted by Gasteiger charge is -2.33. The molecule has 1 aliphatic rings. The SMILES string of the molecule is COc1cc(F)c(S(=O)(=O)N2CCNC[C@@H]2C)cc1OC. The molecule has 0 unspecified atom stereocenters. The largest absolute Gasteiger partial charge is 0.493 e. The number of hydrogen-bond acceptors (Lipinski definition) is 5. The van der Waals surface area contributed by atoms with E-state index in [0.29, 0.717) is 19.6 Å². The molecule has 0 aromatic heterocycles. The van der Waals surface area contributed by atoms with E-state index in [1.54, 1.807) is 6.92 Å². The molecular formula is C13H19FN2O4S. The van der Waals surface area contributed by atoms with E-state index in [4.69, 9.17) is 9.47 Å². The molecule has 2 rings (SSSR count). The molecule has 0 aliphatic carbocycles. The number of rotatable bonds is 4. The van der Waals surface area contributed by atoms with Crippen molar-refractivity contribution in [1.82, 2.24) is 9.62 Å². The van der Waals surface area contributed by atoms with Crippen molar-refractivity contribution < 1.29 is 22.3 Å². The second-order valence-corrected chi connectivity index (χ2v) is 6.67. The fourth-order valence-corrected chi connectivity index (χ4v) is 4.03. The maximum Gasteiger partial charge on any atom is 0.246 e. The molecule has 1 saturated heterocycles. The number of hydrogen-bond donors (Lipinski definition) is 1. The van der Waals surface area contributed by atoms with Gasteiger partial charge in [0.15, 0.2) is 11.5 Å². The van der Waals surface area contributed by atoms with E-state index in [-0.39, 0.29) is 17.5 Å². The smallest absolute Gasteiger partial charge is 0.246 e. The van der Waals surface area contributed by atoms with Gasteiger partial charge in [-0.1, -0.05) is 0 Å². The number of methoxy groups -OCH3 is 2. The maximum atomic E-state index is 14.2. The zero-order chi connectivity index (χ0) is 15.6. The van der Waals surface area contributed by atoms with Crippen LogP contribution in [0.2, 0.25) is 0 Å². The summed E-state index contributed by atoms with van der Waals surface area (Å²) in [6, 6.07) is 1.95. The lowest BCUT2D eigenvalue weighted by atomic mass is 10.3. The first kappa shape index (κ1) is 16.0. The third kappa shape index (κ3) is 2.97. The Morgan fingerprint density at radius 2 is 1.90 bits per heavy atom. The van der Waals surface area contributed by atoms with Crippen LogP contribution in [0.3, 0.4) is 0 Å². The first-order valence-corrected chi connectivity index (χ1v) is 8.00. The molecule has 21 heavy (non-hydrogen) atoms. The number of nitrogens with zero attached hydrogens (tertiary/aromatic N) is 1. The van der Waals surface area contributed by atoms with Crippen molar-refractivity contribution in [2.75, 3.05) is 33.9 Å². The Morgan fingerprint density at radius 1 is 1.29 bits per heavy atom. The first-order chi connectivity index (χ1) is 9.91. The van der Waals surface area contributed by atoms with Gasteiger partial charge in [-0.15, -0.1) is 0 Å². The van der Waals surface area contributed by atoms with E-state index in [2.05, 4.69) is 5.32 Å². The average molecular weight is 318 g/mol. The van der Waals surface area contributed by atoms with Crippen molar-refractivity contribution in [3.63, 3.8) is 0 Å². The van der Waals surface area contributed by atoms with Crippen LogP contribution in [0.1, 0.15) is 6.92 Å². The molecule has 0 spiro atoms. The summed E-state index contributed by atoms with van der Waals surface area (Å²) in [7, 11) is -1.18. The van der Waals surface area contributed by atoms with Crippen LogP contribution in [0.25, 0.3) is 0 Å². The lowest BCUT2D eigenvalue weighted by Crippen LogP contribution is -2.52. The molecule has 1 aromatic carbocycles. The minimum absolute atomic E-state index is 0.155. The van der Waals surface area contributed by atoms with E-state index < -0.39 is 20.7 Å². The van der Waals surface area contributed by atoms with Crippen LogP contribution in [0.15, 0.2) is 17.0 Å². The predicted octanol–water partition coefficient (Wildman–Crippen LogP) is 0.825. The highest BCUT2D eigenvalue weighted by Crippen LogP contribution is 2.33. The van der Waals surface area contributed by atoms with Gasteiger partial charge in [-0.2, -0.15) is 4.31 Å². The van der Waals surface area contributed by atoms with Gasteiger partial charge in [-0.3, -0.25) is 0 Å². The van der Waals surface area contributed by atoms with Crippen molar-refractivity contribution in [1.29, 1.82) is 0 Å². The van der Waals surface area contributed by atoms with E-state index in [0.717, 1.165) is 12.1 Å². The molecule has 0 bridgehead atoms. The summed E-state index contributed by atoms with van der Waals surface area (Å²) in [6.07, 6.45) is 0. The normalized spacial score (nSPS) is 20.3. The lowest BCUT2D eigenvalue weighted by molar-refractivity contribution is 0.282. The van der Waals surface area contributed by atoms with E-state index in [1.165, 1.54) is 18.5 Å². The Labute approximate surface area is 123 Å². The van der Waals surface area contributed by atoms with Crippen LogP contribution in [0, 0.1) is 5.82 Å². The minimum atomic E-state index is -3.92. The summed E-state index contributed by atoms with van der Waals surface area (Å²) in [5, 5.41) is 3.10. The fourth-order valence-electron chi connectivity index (χ4n) is 2.34. The molecule has 1 fully saturated rings. The van der Waals surface area contributed by atoms with Gasteiger partial charge in [0.2, 0.25) is 10.0 Å². The number of sulfonamides is 1. The van der Waals surface area contributed by atoms with Crippen molar-refractivity contribution in [3.8, 4) is 11.5 Å². The monoisotopic (exact) mass is 318 g/mol.